The van der Waals surface area contributed by atoms with Crippen LogP contribution in [0.4, 0.5) is 0 Å². The van der Waals surface area contributed by atoms with Crippen LogP contribution in [-0.2, 0) is 9.59 Å². The first-order valence-electron chi connectivity index (χ1n) is 4.85. The molecule has 0 aliphatic carbocycles. The first-order chi connectivity index (χ1) is 6.52. The molecule has 0 aromatic heterocycles. The second-order valence-corrected chi connectivity index (χ2v) is 4.86. The van der Waals surface area contributed by atoms with Crippen LogP contribution in [-0.4, -0.2) is 16.1 Å². The summed E-state index contributed by atoms with van der Waals surface area (Å²) in [6.45, 7) is 5.59. The molecule has 1 atom stereocenters. The second-order valence-electron chi connectivity index (χ2n) is 3.29. The molecule has 82 valence electrons. The zero-order valence-electron chi connectivity index (χ0n) is 8.88. The van der Waals surface area contributed by atoms with Crippen molar-refractivity contribution in [1.82, 2.24) is 0 Å². The molecule has 0 radical (unpaired) electrons. The van der Waals surface area contributed by atoms with Crippen molar-refractivity contribution in [2.24, 2.45) is 11.8 Å². The molecule has 2 nitrogen and oxygen atoms in total. The molecule has 1 unspecified atom stereocenters. The van der Waals surface area contributed by atoms with Crippen LogP contribution in [0.2, 0.25) is 0 Å². The quantitative estimate of drug-likeness (QED) is 0.665. The normalized spacial score (nSPS) is 12.9. The molecule has 4 heteroatoms. The fraction of sp³-hybridized carbons (Fsp3) is 0.800. The fourth-order valence-electron chi connectivity index (χ4n) is 1.45. The Morgan fingerprint density at radius 2 is 1.79 bits per heavy atom. The van der Waals surface area contributed by atoms with Crippen molar-refractivity contribution in [3.8, 4) is 0 Å². The van der Waals surface area contributed by atoms with Gasteiger partial charge in [0, 0.05) is 18.6 Å². The average Bonchev–Trinajstić information content (AvgIpc) is 2.11. The van der Waals surface area contributed by atoms with Crippen molar-refractivity contribution in [3.05, 3.63) is 0 Å². The molecule has 0 bridgehead atoms. The molecule has 14 heavy (non-hydrogen) atoms. The molecule has 0 heterocycles. The van der Waals surface area contributed by atoms with E-state index in [1.54, 1.807) is 0 Å². The molecule has 0 saturated carbocycles. The molecule has 0 amide bonds. The summed E-state index contributed by atoms with van der Waals surface area (Å²) in [7, 11) is 0. The van der Waals surface area contributed by atoms with Gasteiger partial charge in [-0.25, -0.2) is 0 Å². The Hall–Kier alpha value is -0.0200. The third kappa shape index (κ3) is 5.01. The summed E-state index contributed by atoms with van der Waals surface area (Å²) in [6, 6.07) is 0. The lowest BCUT2D eigenvalue weighted by molar-refractivity contribution is -0.116. The van der Waals surface area contributed by atoms with Crippen molar-refractivity contribution in [2.45, 2.75) is 33.6 Å². The molecular weight excluding hydrogens is 220 g/mol. The Kier molecular flexibility index (Phi) is 7.28. The Morgan fingerprint density at radius 3 is 2.07 bits per heavy atom. The lowest BCUT2D eigenvalue weighted by atomic mass is 9.90. The van der Waals surface area contributed by atoms with Gasteiger partial charge in [-0.1, -0.05) is 38.5 Å². The molecule has 0 saturated heterocycles. The van der Waals surface area contributed by atoms with Gasteiger partial charge in [-0.05, 0) is 17.5 Å². The van der Waals surface area contributed by atoms with E-state index in [2.05, 4.69) is 0 Å². The van der Waals surface area contributed by atoms with Crippen molar-refractivity contribution >= 4 is 33.7 Å². The van der Waals surface area contributed by atoms with Gasteiger partial charge in [-0.15, -0.1) is 0 Å². The minimum Gasteiger partial charge on any atom is -0.288 e. The minimum absolute atomic E-state index is 0.0406. The zero-order valence-corrected chi connectivity index (χ0v) is 10.5. The third-order valence-corrected chi connectivity index (χ3v) is 3.59. The maximum atomic E-state index is 11.2. The lowest BCUT2D eigenvalue weighted by Gasteiger charge is -2.20. The van der Waals surface area contributed by atoms with Gasteiger partial charge in [0.05, 0.1) is 0 Å². The molecule has 0 fully saturated rings. The van der Waals surface area contributed by atoms with Crippen LogP contribution >= 0.6 is 23.4 Å². The van der Waals surface area contributed by atoms with Gasteiger partial charge in [0.1, 0.15) is 0 Å². The zero-order chi connectivity index (χ0) is 11.1. The number of hydrogen-bond acceptors (Lipinski definition) is 3. The Bertz CT molecular complexity index is 202. The maximum Gasteiger partial charge on any atom is 0.225 e. The second kappa shape index (κ2) is 7.30. The largest absolute Gasteiger partial charge is 0.288 e. The molecule has 0 spiro atoms. The van der Waals surface area contributed by atoms with Crippen molar-refractivity contribution < 1.29 is 9.59 Å². The SMILES string of the molecule is CCC(CC)C(CSC(C)=O)C(=O)Cl. The number of hydrogen-bond donors (Lipinski definition) is 0. The van der Waals surface area contributed by atoms with E-state index < -0.39 is 0 Å². The first-order valence-corrected chi connectivity index (χ1v) is 6.21. The van der Waals surface area contributed by atoms with Gasteiger partial charge < -0.3 is 0 Å². The van der Waals surface area contributed by atoms with E-state index in [0.717, 1.165) is 12.8 Å². The highest BCUT2D eigenvalue weighted by Crippen LogP contribution is 2.25. The highest BCUT2D eigenvalue weighted by Gasteiger charge is 2.24. The van der Waals surface area contributed by atoms with E-state index in [-0.39, 0.29) is 16.3 Å². The molecule has 0 aromatic rings. The van der Waals surface area contributed by atoms with Crippen LogP contribution in [0, 0.1) is 11.8 Å². The van der Waals surface area contributed by atoms with E-state index in [4.69, 9.17) is 11.6 Å². The van der Waals surface area contributed by atoms with E-state index in [1.165, 1.54) is 18.7 Å². The summed E-state index contributed by atoms with van der Waals surface area (Å²) < 4.78 is 0. The summed E-state index contributed by atoms with van der Waals surface area (Å²) >= 11 is 6.70. The highest BCUT2D eigenvalue weighted by molar-refractivity contribution is 8.13. The molecule has 0 N–H and O–H groups in total. The summed E-state index contributed by atoms with van der Waals surface area (Å²) in [5, 5.41) is -0.272. The number of thioether (sulfide) groups is 1. The standard InChI is InChI=1S/C10H17ClO2S/c1-4-8(5-2)9(10(11)13)6-14-7(3)12/h8-9H,4-6H2,1-3H3. The van der Waals surface area contributed by atoms with E-state index in [0.29, 0.717) is 11.7 Å². The van der Waals surface area contributed by atoms with Gasteiger partial charge in [-0.3, -0.25) is 9.59 Å². The van der Waals surface area contributed by atoms with Crippen molar-refractivity contribution in [3.63, 3.8) is 0 Å². The molecular formula is C10H17ClO2S. The van der Waals surface area contributed by atoms with E-state index in [1.807, 2.05) is 13.8 Å². The van der Waals surface area contributed by atoms with Gasteiger partial charge >= 0.3 is 0 Å². The average molecular weight is 237 g/mol. The van der Waals surface area contributed by atoms with Crippen LogP contribution in [0.15, 0.2) is 0 Å². The van der Waals surface area contributed by atoms with Crippen molar-refractivity contribution in [2.75, 3.05) is 5.75 Å². The van der Waals surface area contributed by atoms with Gasteiger partial charge in [0.25, 0.3) is 0 Å². The topological polar surface area (TPSA) is 34.1 Å². The Labute approximate surface area is 94.8 Å². The fourth-order valence-corrected chi connectivity index (χ4v) is 2.64. The van der Waals surface area contributed by atoms with Gasteiger partial charge in [0.15, 0.2) is 5.12 Å². The Morgan fingerprint density at radius 1 is 1.29 bits per heavy atom. The smallest absolute Gasteiger partial charge is 0.225 e. The van der Waals surface area contributed by atoms with Crippen LogP contribution in [0.5, 0.6) is 0 Å². The highest BCUT2D eigenvalue weighted by atomic mass is 35.5. The van der Waals surface area contributed by atoms with Gasteiger partial charge in [0.2, 0.25) is 5.24 Å². The van der Waals surface area contributed by atoms with E-state index in [9.17, 15) is 9.59 Å². The lowest BCUT2D eigenvalue weighted by Crippen LogP contribution is -2.22. The molecule has 0 rings (SSSR count). The first kappa shape index (κ1) is 14.0. The molecule has 0 aliphatic rings. The molecule has 0 aliphatic heterocycles. The van der Waals surface area contributed by atoms with Crippen LogP contribution < -0.4 is 0 Å². The predicted octanol–water partition coefficient (Wildman–Crippen LogP) is 3.08. The number of halogens is 1. The maximum absolute atomic E-state index is 11.2. The van der Waals surface area contributed by atoms with Crippen molar-refractivity contribution in [1.29, 1.82) is 0 Å². The summed E-state index contributed by atoms with van der Waals surface area (Å²) in [6.07, 6.45) is 1.86. The third-order valence-electron chi connectivity index (χ3n) is 2.38. The number of carbonyl (C=O) groups is 2. The number of rotatable bonds is 6. The number of carbonyl (C=O) groups excluding carboxylic acids is 2. The van der Waals surface area contributed by atoms with Crippen LogP contribution in [0.3, 0.4) is 0 Å². The summed E-state index contributed by atoms with van der Waals surface area (Å²) in [5.41, 5.74) is 0. The monoisotopic (exact) mass is 236 g/mol. The van der Waals surface area contributed by atoms with Gasteiger partial charge in [-0.2, -0.15) is 0 Å². The predicted molar refractivity (Wildman–Crippen MR) is 61.6 cm³/mol. The van der Waals surface area contributed by atoms with E-state index >= 15 is 0 Å². The van der Waals surface area contributed by atoms with Crippen LogP contribution in [0.25, 0.3) is 0 Å². The Balaban J connectivity index is 4.27. The summed E-state index contributed by atoms with van der Waals surface area (Å²) in [4.78, 5) is 21.9. The molecule has 0 aromatic carbocycles. The minimum atomic E-state index is -0.313. The summed E-state index contributed by atoms with van der Waals surface area (Å²) in [5.74, 6) is 0.636. The van der Waals surface area contributed by atoms with Crippen LogP contribution in [0.1, 0.15) is 33.6 Å².